The van der Waals surface area contributed by atoms with Gasteiger partial charge < -0.3 is 9.47 Å². The van der Waals surface area contributed by atoms with Gasteiger partial charge in [0.25, 0.3) is 0 Å². The zero-order chi connectivity index (χ0) is 18.1. The molecule has 1 aliphatic carbocycles. The summed E-state index contributed by atoms with van der Waals surface area (Å²) in [4.78, 5) is 19.1. The van der Waals surface area contributed by atoms with Crippen LogP contribution in [-0.4, -0.2) is 33.4 Å². The fourth-order valence-electron chi connectivity index (χ4n) is 4.11. The number of carbonyl (C=O) groups excluding carboxylic acids is 1. The maximum absolute atomic E-state index is 13.3. The van der Waals surface area contributed by atoms with Crippen LogP contribution in [0.3, 0.4) is 0 Å². The summed E-state index contributed by atoms with van der Waals surface area (Å²) in [5, 5.41) is 0. The van der Waals surface area contributed by atoms with Gasteiger partial charge in [-0.25, -0.2) is 9.37 Å². The lowest BCUT2D eigenvalue weighted by Gasteiger charge is -2.27. The first-order valence-corrected chi connectivity index (χ1v) is 9.64. The Morgan fingerprint density at radius 2 is 2.15 bits per heavy atom. The van der Waals surface area contributed by atoms with E-state index in [1.165, 1.54) is 42.9 Å². The zero-order valence-electron chi connectivity index (χ0n) is 15.3. The van der Waals surface area contributed by atoms with Gasteiger partial charge in [-0.1, -0.05) is 18.6 Å². The van der Waals surface area contributed by atoms with Gasteiger partial charge in [0.1, 0.15) is 11.6 Å². The van der Waals surface area contributed by atoms with Crippen LogP contribution in [0.5, 0.6) is 0 Å². The van der Waals surface area contributed by atoms with Crippen molar-refractivity contribution in [3.63, 3.8) is 0 Å². The smallest absolute Gasteiger partial charge is 0.227 e. The lowest BCUT2D eigenvalue weighted by atomic mass is 9.84. The molecule has 0 spiro atoms. The van der Waals surface area contributed by atoms with E-state index in [0.29, 0.717) is 11.8 Å². The highest BCUT2D eigenvalue weighted by molar-refractivity contribution is 5.79. The first kappa shape index (κ1) is 17.3. The van der Waals surface area contributed by atoms with Gasteiger partial charge in [-0.05, 0) is 49.8 Å². The Morgan fingerprint density at radius 3 is 2.88 bits per heavy atom. The summed E-state index contributed by atoms with van der Waals surface area (Å²) in [5.41, 5.74) is 1.97. The molecule has 4 rings (SSSR count). The molecule has 5 heteroatoms. The third-order valence-electron chi connectivity index (χ3n) is 5.88. The number of imidazole rings is 1. The van der Waals surface area contributed by atoms with Crippen LogP contribution in [0.1, 0.15) is 48.7 Å². The quantitative estimate of drug-likeness (QED) is 0.820. The highest BCUT2D eigenvalue weighted by Gasteiger charge is 2.29. The molecule has 26 heavy (non-hydrogen) atoms. The first-order chi connectivity index (χ1) is 12.6. The molecule has 1 atom stereocenters. The minimum absolute atomic E-state index is 0.0969. The number of amides is 1. The Hall–Kier alpha value is -2.17. The number of rotatable bonds is 5. The van der Waals surface area contributed by atoms with Crippen LogP contribution in [0.2, 0.25) is 0 Å². The predicted molar refractivity (Wildman–Crippen MR) is 98.3 cm³/mol. The van der Waals surface area contributed by atoms with Crippen LogP contribution in [-0.2, 0) is 17.8 Å². The average molecular weight is 355 g/mol. The molecule has 1 aliphatic heterocycles. The number of benzene rings is 1. The Morgan fingerprint density at radius 1 is 1.31 bits per heavy atom. The van der Waals surface area contributed by atoms with Gasteiger partial charge in [-0.15, -0.1) is 0 Å². The van der Waals surface area contributed by atoms with E-state index in [2.05, 4.69) is 16.5 Å². The molecule has 2 fully saturated rings. The second-order valence-electron chi connectivity index (χ2n) is 7.80. The average Bonchev–Trinajstić information content (AvgIpc) is 3.16. The van der Waals surface area contributed by atoms with Crippen LogP contribution in [0.25, 0.3) is 0 Å². The summed E-state index contributed by atoms with van der Waals surface area (Å²) in [6.07, 6.45) is 7.09. The van der Waals surface area contributed by atoms with Crippen molar-refractivity contribution in [1.82, 2.24) is 14.5 Å². The van der Waals surface area contributed by atoms with Crippen LogP contribution in [0.4, 0.5) is 4.39 Å². The van der Waals surface area contributed by atoms with Gasteiger partial charge in [0.2, 0.25) is 5.91 Å². The number of likely N-dealkylation sites (tertiary alicyclic amines) is 1. The number of nitrogens with zero attached hydrogens (tertiary/aromatic N) is 3. The van der Waals surface area contributed by atoms with Gasteiger partial charge in [-0.2, -0.15) is 0 Å². The van der Waals surface area contributed by atoms with E-state index in [4.69, 9.17) is 0 Å². The third kappa shape index (κ3) is 3.53. The molecule has 1 saturated heterocycles. The molecule has 1 unspecified atom stereocenters. The van der Waals surface area contributed by atoms with Crippen LogP contribution < -0.4 is 0 Å². The molecule has 1 amide bonds. The van der Waals surface area contributed by atoms with Crippen molar-refractivity contribution in [2.45, 2.75) is 51.5 Å². The number of aryl methyl sites for hydroxylation is 1. The van der Waals surface area contributed by atoms with E-state index in [9.17, 15) is 9.18 Å². The van der Waals surface area contributed by atoms with Gasteiger partial charge in [0.15, 0.2) is 0 Å². The molecule has 0 bridgehead atoms. The lowest BCUT2D eigenvalue weighted by molar-refractivity contribution is -0.129. The molecular weight excluding hydrogens is 329 g/mol. The molecule has 1 aromatic heterocycles. The summed E-state index contributed by atoms with van der Waals surface area (Å²) in [6, 6.07) is 6.33. The molecule has 0 N–H and O–H groups in total. The van der Waals surface area contributed by atoms with Gasteiger partial charge in [-0.3, -0.25) is 4.79 Å². The predicted octanol–water partition coefficient (Wildman–Crippen LogP) is 3.69. The topological polar surface area (TPSA) is 38.1 Å². The molecule has 2 heterocycles. The van der Waals surface area contributed by atoms with Crippen molar-refractivity contribution in [3.05, 3.63) is 53.4 Å². The SMILES string of the molecule is Cc1cnc(C2CCC2)n1CC1CCN(C(=O)Cc2cccc(F)c2)C1. The summed E-state index contributed by atoms with van der Waals surface area (Å²) in [6.45, 7) is 4.65. The number of hydrogen-bond donors (Lipinski definition) is 0. The van der Waals surface area contributed by atoms with E-state index in [1.54, 1.807) is 6.07 Å². The Labute approximate surface area is 154 Å². The van der Waals surface area contributed by atoms with E-state index >= 15 is 0 Å². The maximum atomic E-state index is 13.3. The fourth-order valence-corrected chi connectivity index (χ4v) is 4.11. The summed E-state index contributed by atoms with van der Waals surface area (Å²) < 4.78 is 15.7. The lowest BCUT2D eigenvalue weighted by Crippen LogP contribution is -2.31. The Balaban J connectivity index is 1.37. The number of carbonyl (C=O) groups is 1. The molecule has 2 aromatic rings. The number of hydrogen-bond acceptors (Lipinski definition) is 2. The zero-order valence-corrected chi connectivity index (χ0v) is 15.3. The van der Waals surface area contributed by atoms with Crippen molar-refractivity contribution in [3.8, 4) is 0 Å². The molecule has 2 aliphatic rings. The second kappa shape index (κ2) is 7.22. The van der Waals surface area contributed by atoms with Crippen molar-refractivity contribution < 1.29 is 9.18 Å². The first-order valence-electron chi connectivity index (χ1n) is 9.64. The van der Waals surface area contributed by atoms with Gasteiger partial charge >= 0.3 is 0 Å². The molecular formula is C21H26FN3O. The number of aromatic nitrogens is 2. The van der Waals surface area contributed by atoms with Crippen LogP contribution in [0.15, 0.2) is 30.5 Å². The highest BCUT2D eigenvalue weighted by Crippen LogP contribution is 2.36. The molecule has 138 valence electrons. The minimum atomic E-state index is -0.284. The van der Waals surface area contributed by atoms with Crippen molar-refractivity contribution >= 4 is 5.91 Å². The highest BCUT2D eigenvalue weighted by atomic mass is 19.1. The normalized spacial score (nSPS) is 20.4. The van der Waals surface area contributed by atoms with E-state index < -0.39 is 0 Å². The van der Waals surface area contributed by atoms with E-state index in [1.807, 2.05) is 17.2 Å². The summed E-state index contributed by atoms with van der Waals surface area (Å²) in [5.74, 6) is 2.14. The second-order valence-corrected chi connectivity index (χ2v) is 7.80. The van der Waals surface area contributed by atoms with Crippen molar-refractivity contribution in [1.29, 1.82) is 0 Å². The van der Waals surface area contributed by atoms with Crippen LogP contribution in [0, 0.1) is 18.7 Å². The standard InChI is InChI=1S/C21H26FN3O/c1-15-12-23-21(18-5-3-6-18)25(15)14-17-8-9-24(13-17)20(26)11-16-4-2-7-19(22)10-16/h2,4,7,10,12,17-18H,3,5-6,8-9,11,13-14H2,1H3. The fraction of sp³-hybridized carbons (Fsp3) is 0.524. The third-order valence-corrected chi connectivity index (χ3v) is 5.88. The number of halogens is 1. The van der Waals surface area contributed by atoms with Gasteiger partial charge in [0.05, 0.1) is 6.42 Å². The van der Waals surface area contributed by atoms with Crippen molar-refractivity contribution in [2.24, 2.45) is 5.92 Å². The summed E-state index contributed by atoms with van der Waals surface area (Å²) in [7, 11) is 0. The van der Waals surface area contributed by atoms with Crippen molar-refractivity contribution in [2.75, 3.05) is 13.1 Å². The Kier molecular flexibility index (Phi) is 4.79. The summed E-state index contributed by atoms with van der Waals surface area (Å²) >= 11 is 0. The maximum Gasteiger partial charge on any atom is 0.227 e. The molecule has 1 saturated carbocycles. The molecule has 4 nitrogen and oxygen atoms in total. The van der Waals surface area contributed by atoms with Gasteiger partial charge in [0, 0.05) is 37.4 Å². The Bertz CT molecular complexity index is 796. The van der Waals surface area contributed by atoms with E-state index in [0.717, 1.165) is 31.6 Å². The monoisotopic (exact) mass is 355 g/mol. The van der Waals surface area contributed by atoms with E-state index in [-0.39, 0.29) is 18.1 Å². The largest absolute Gasteiger partial charge is 0.342 e. The minimum Gasteiger partial charge on any atom is -0.342 e. The van der Waals surface area contributed by atoms with Crippen LogP contribution >= 0.6 is 0 Å². The molecule has 0 radical (unpaired) electrons. The molecule has 1 aromatic carbocycles.